The fourth-order valence-electron chi connectivity index (χ4n) is 1.37. The number of aromatic nitrogens is 2. The molecule has 1 heterocycles. The molecule has 0 saturated carbocycles. The molecule has 0 saturated heterocycles. The third-order valence-electron chi connectivity index (χ3n) is 2.07. The van der Waals surface area contributed by atoms with E-state index in [1.165, 1.54) is 7.11 Å². The minimum Gasteiger partial charge on any atom is -0.465 e. The molecule has 1 aromatic rings. The summed E-state index contributed by atoms with van der Waals surface area (Å²) < 4.78 is 6.41. The van der Waals surface area contributed by atoms with Crippen molar-refractivity contribution < 1.29 is 9.53 Å². The molecule has 0 amide bonds. The Hall–Kier alpha value is -1.32. The van der Waals surface area contributed by atoms with Gasteiger partial charge in [0.25, 0.3) is 0 Å². The summed E-state index contributed by atoms with van der Waals surface area (Å²) in [6, 6.07) is 0. The number of esters is 1. The summed E-state index contributed by atoms with van der Waals surface area (Å²) in [5.74, 6) is 0.183. The Morgan fingerprint density at radius 3 is 2.79 bits per heavy atom. The minimum atomic E-state index is -0.311. The van der Waals surface area contributed by atoms with Gasteiger partial charge in [0.15, 0.2) is 0 Å². The van der Waals surface area contributed by atoms with Crippen LogP contribution < -0.4 is 0 Å². The molecule has 0 fully saturated rings. The molecule has 0 unspecified atom stereocenters. The van der Waals surface area contributed by atoms with Crippen molar-refractivity contribution in [3.8, 4) is 0 Å². The van der Waals surface area contributed by atoms with E-state index in [1.807, 2.05) is 7.05 Å². The van der Waals surface area contributed by atoms with Crippen LogP contribution in [0.25, 0.3) is 0 Å². The SMILES string of the molecule is COC(=O)c1cnn(C)c1CC(C)C. The summed E-state index contributed by atoms with van der Waals surface area (Å²) in [6.45, 7) is 4.21. The predicted molar refractivity (Wildman–Crippen MR) is 53.1 cm³/mol. The second-order valence-electron chi connectivity index (χ2n) is 3.72. The van der Waals surface area contributed by atoms with Crippen molar-refractivity contribution >= 4 is 5.97 Å². The standard InChI is InChI=1S/C10H16N2O2/c1-7(2)5-9-8(10(13)14-4)6-11-12(9)3/h6-7H,5H2,1-4H3. The highest BCUT2D eigenvalue weighted by atomic mass is 16.5. The first kappa shape index (κ1) is 10.8. The maximum absolute atomic E-state index is 11.4. The van der Waals surface area contributed by atoms with E-state index in [-0.39, 0.29) is 5.97 Å². The van der Waals surface area contributed by atoms with Crippen molar-refractivity contribution in [1.82, 2.24) is 9.78 Å². The van der Waals surface area contributed by atoms with E-state index < -0.39 is 0 Å². The average Bonchev–Trinajstić information content (AvgIpc) is 2.46. The topological polar surface area (TPSA) is 44.1 Å². The first-order valence-electron chi connectivity index (χ1n) is 4.65. The molecule has 0 bridgehead atoms. The maximum atomic E-state index is 11.4. The molecular weight excluding hydrogens is 180 g/mol. The van der Waals surface area contributed by atoms with Crippen molar-refractivity contribution in [3.05, 3.63) is 17.5 Å². The van der Waals surface area contributed by atoms with Crippen LogP contribution in [0.2, 0.25) is 0 Å². The van der Waals surface area contributed by atoms with Gasteiger partial charge >= 0.3 is 5.97 Å². The highest BCUT2D eigenvalue weighted by molar-refractivity contribution is 5.90. The molecular formula is C10H16N2O2. The van der Waals surface area contributed by atoms with E-state index in [9.17, 15) is 4.79 Å². The number of carbonyl (C=O) groups is 1. The zero-order valence-corrected chi connectivity index (χ0v) is 9.07. The van der Waals surface area contributed by atoms with Gasteiger partial charge in [0.1, 0.15) is 5.56 Å². The Labute approximate surface area is 83.9 Å². The molecule has 0 aromatic carbocycles. The lowest BCUT2D eigenvalue weighted by molar-refractivity contribution is 0.0599. The van der Waals surface area contributed by atoms with Crippen LogP contribution in [0.15, 0.2) is 6.20 Å². The van der Waals surface area contributed by atoms with E-state index in [0.29, 0.717) is 11.5 Å². The molecule has 1 rings (SSSR count). The maximum Gasteiger partial charge on any atom is 0.341 e. The van der Waals surface area contributed by atoms with E-state index in [1.54, 1.807) is 10.9 Å². The van der Waals surface area contributed by atoms with Gasteiger partial charge in [-0.2, -0.15) is 5.10 Å². The average molecular weight is 196 g/mol. The van der Waals surface area contributed by atoms with E-state index in [4.69, 9.17) is 0 Å². The molecule has 0 radical (unpaired) electrons. The number of hydrogen-bond donors (Lipinski definition) is 0. The number of ether oxygens (including phenoxy) is 1. The van der Waals surface area contributed by atoms with Crippen LogP contribution in [-0.2, 0) is 18.2 Å². The third-order valence-corrected chi connectivity index (χ3v) is 2.07. The summed E-state index contributed by atoms with van der Waals surface area (Å²) in [5, 5.41) is 4.05. The zero-order chi connectivity index (χ0) is 10.7. The molecule has 4 nitrogen and oxygen atoms in total. The number of methoxy groups -OCH3 is 1. The van der Waals surface area contributed by atoms with Gasteiger partial charge in [-0.15, -0.1) is 0 Å². The van der Waals surface area contributed by atoms with E-state index in [0.717, 1.165) is 12.1 Å². The summed E-state index contributed by atoms with van der Waals surface area (Å²) in [5.41, 5.74) is 1.51. The summed E-state index contributed by atoms with van der Waals surface area (Å²) >= 11 is 0. The van der Waals surface area contributed by atoms with Gasteiger partial charge in [-0.3, -0.25) is 4.68 Å². The van der Waals surface area contributed by atoms with E-state index in [2.05, 4.69) is 23.7 Å². The number of aryl methyl sites for hydroxylation is 1. The van der Waals surface area contributed by atoms with Crippen molar-refractivity contribution in [3.63, 3.8) is 0 Å². The number of nitrogens with zero attached hydrogens (tertiary/aromatic N) is 2. The van der Waals surface area contributed by atoms with Crippen LogP contribution in [0.3, 0.4) is 0 Å². The Bertz CT molecular complexity index is 329. The van der Waals surface area contributed by atoms with Gasteiger partial charge in [-0.05, 0) is 12.3 Å². The first-order valence-corrected chi connectivity index (χ1v) is 4.65. The predicted octanol–water partition coefficient (Wildman–Crippen LogP) is 1.41. The molecule has 0 aliphatic heterocycles. The zero-order valence-electron chi connectivity index (χ0n) is 9.07. The lowest BCUT2D eigenvalue weighted by Crippen LogP contribution is -2.09. The second-order valence-corrected chi connectivity index (χ2v) is 3.72. The van der Waals surface area contributed by atoms with Crippen molar-refractivity contribution in [1.29, 1.82) is 0 Å². The Kier molecular flexibility index (Phi) is 3.28. The van der Waals surface area contributed by atoms with Crippen LogP contribution in [0.5, 0.6) is 0 Å². The van der Waals surface area contributed by atoms with Gasteiger partial charge in [0, 0.05) is 7.05 Å². The van der Waals surface area contributed by atoms with Gasteiger partial charge < -0.3 is 4.74 Å². The van der Waals surface area contributed by atoms with Gasteiger partial charge in [0.05, 0.1) is 19.0 Å². The van der Waals surface area contributed by atoms with Crippen LogP contribution in [0.4, 0.5) is 0 Å². The monoisotopic (exact) mass is 196 g/mol. The summed E-state index contributed by atoms with van der Waals surface area (Å²) in [4.78, 5) is 11.4. The smallest absolute Gasteiger partial charge is 0.341 e. The highest BCUT2D eigenvalue weighted by Gasteiger charge is 2.16. The molecule has 0 atom stereocenters. The molecule has 1 aromatic heterocycles. The lowest BCUT2D eigenvalue weighted by Gasteiger charge is -2.07. The van der Waals surface area contributed by atoms with Crippen molar-refractivity contribution in [2.45, 2.75) is 20.3 Å². The Morgan fingerprint density at radius 1 is 1.64 bits per heavy atom. The van der Waals surface area contributed by atoms with Gasteiger partial charge in [-0.1, -0.05) is 13.8 Å². The van der Waals surface area contributed by atoms with Crippen molar-refractivity contribution in [2.24, 2.45) is 13.0 Å². The molecule has 0 aliphatic rings. The van der Waals surface area contributed by atoms with Crippen LogP contribution in [-0.4, -0.2) is 22.9 Å². The largest absolute Gasteiger partial charge is 0.465 e. The van der Waals surface area contributed by atoms with Gasteiger partial charge in [0.2, 0.25) is 0 Å². The fraction of sp³-hybridized carbons (Fsp3) is 0.600. The first-order chi connectivity index (χ1) is 6.56. The number of carbonyl (C=O) groups excluding carboxylic acids is 1. The van der Waals surface area contributed by atoms with Crippen LogP contribution in [0, 0.1) is 5.92 Å². The molecule has 14 heavy (non-hydrogen) atoms. The lowest BCUT2D eigenvalue weighted by atomic mass is 10.1. The Balaban J connectivity index is 2.99. The summed E-state index contributed by atoms with van der Waals surface area (Å²) in [7, 11) is 3.22. The van der Waals surface area contributed by atoms with Crippen LogP contribution >= 0.6 is 0 Å². The molecule has 0 N–H and O–H groups in total. The van der Waals surface area contributed by atoms with Crippen LogP contribution in [0.1, 0.15) is 29.9 Å². The normalized spacial score (nSPS) is 10.6. The van der Waals surface area contributed by atoms with E-state index >= 15 is 0 Å². The second kappa shape index (κ2) is 4.26. The number of hydrogen-bond acceptors (Lipinski definition) is 3. The highest BCUT2D eigenvalue weighted by Crippen LogP contribution is 2.13. The third kappa shape index (κ3) is 2.13. The molecule has 78 valence electrons. The van der Waals surface area contributed by atoms with Gasteiger partial charge in [-0.25, -0.2) is 4.79 Å². The van der Waals surface area contributed by atoms with Crippen molar-refractivity contribution in [2.75, 3.05) is 7.11 Å². The fourth-order valence-corrected chi connectivity index (χ4v) is 1.37. The molecule has 4 heteroatoms. The quantitative estimate of drug-likeness (QED) is 0.686. The number of rotatable bonds is 3. The minimum absolute atomic E-state index is 0.311. The summed E-state index contributed by atoms with van der Waals surface area (Å²) in [6.07, 6.45) is 2.39. The molecule has 0 aliphatic carbocycles. The molecule has 0 spiro atoms. The Morgan fingerprint density at radius 2 is 2.29 bits per heavy atom.